The van der Waals surface area contributed by atoms with Crippen molar-refractivity contribution in [1.82, 2.24) is 4.72 Å². The summed E-state index contributed by atoms with van der Waals surface area (Å²) in [5.41, 5.74) is 6.21. The molecule has 4 nitrogen and oxygen atoms in total. The molecule has 0 radical (unpaired) electrons. The molecular formula is C11H16Cl2N2O2S. The van der Waals surface area contributed by atoms with Gasteiger partial charge in [-0.05, 0) is 38.0 Å². The molecule has 102 valence electrons. The smallest absolute Gasteiger partial charge is 0.240 e. The molecule has 0 saturated heterocycles. The number of nitrogens with one attached hydrogen (secondary N) is 1. The van der Waals surface area contributed by atoms with E-state index in [-0.39, 0.29) is 17.5 Å². The van der Waals surface area contributed by atoms with E-state index in [1.165, 1.54) is 12.1 Å². The molecule has 0 fully saturated rings. The summed E-state index contributed by atoms with van der Waals surface area (Å²) < 4.78 is 26.4. The van der Waals surface area contributed by atoms with Gasteiger partial charge in [-0.3, -0.25) is 0 Å². The van der Waals surface area contributed by atoms with Crippen LogP contribution >= 0.6 is 23.2 Å². The third kappa shape index (κ3) is 4.10. The van der Waals surface area contributed by atoms with Gasteiger partial charge in [-0.2, -0.15) is 0 Å². The van der Waals surface area contributed by atoms with Crippen LogP contribution in [0.3, 0.4) is 0 Å². The summed E-state index contributed by atoms with van der Waals surface area (Å²) in [5, 5.41) is 0.658. The normalized spacial score (nSPS) is 13.6. The maximum atomic E-state index is 12.0. The Bertz CT molecular complexity index is 507. The van der Waals surface area contributed by atoms with Crippen molar-refractivity contribution in [3.63, 3.8) is 0 Å². The van der Waals surface area contributed by atoms with Crippen LogP contribution in [-0.4, -0.2) is 21.0 Å². The minimum Gasteiger partial charge on any atom is -0.328 e. The second-order valence-electron chi connectivity index (χ2n) is 4.18. The number of nitrogens with two attached hydrogens (primary N) is 1. The Morgan fingerprint density at radius 1 is 1.33 bits per heavy atom. The summed E-state index contributed by atoms with van der Waals surface area (Å²) >= 11 is 11.8. The van der Waals surface area contributed by atoms with Crippen LogP contribution in [0.1, 0.15) is 18.9 Å². The first-order chi connectivity index (χ1) is 8.24. The van der Waals surface area contributed by atoms with Crippen LogP contribution in [-0.2, 0) is 10.0 Å². The van der Waals surface area contributed by atoms with E-state index in [2.05, 4.69) is 4.72 Å². The average Bonchev–Trinajstić information content (AvgIpc) is 2.24. The molecule has 0 amide bonds. The minimum atomic E-state index is -3.59. The number of rotatable bonds is 5. The molecule has 7 heteroatoms. The van der Waals surface area contributed by atoms with Gasteiger partial charge < -0.3 is 5.73 Å². The average molecular weight is 311 g/mol. The van der Waals surface area contributed by atoms with E-state index in [0.29, 0.717) is 22.0 Å². The summed E-state index contributed by atoms with van der Waals surface area (Å²) in [6, 6.07) is 2.71. The van der Waals surface area contributed by atoms with Gasteiger partial charge in [0.25, 0.3) is 0 Å². The van der Waals surface area contributed by atoms with Gasteiger partial charge in [0.15, 0.2) is 0 Å². The van der Waals surface area contributed by atoms with Crippen LogP contribution in [0.25, 0.3) is 0 Å². The summed E-state index contributed by atoms with van der Waals surface area (Å²) in [4.78, 5) is 0.0628. The van der Waals surface area contributed by atoms with Crippen LogP contribution in [0.15, 0.2) is 17.0 Å². The maximum absolute atomic E-state index is 12.0. The van der Waals surface area contributed by atoms with Crippen molar-refractivity contribution >= 4 is 33.2 Å². The van der Waals surface area contributed by atoms with Crippen molar-refractivity contribution in [3.8, 4) is 0 Å². The standard InChI is InChI=1S/C11H16Cl2N2O2S/c1-7(14)3-4-15-18(16,17)9-5-10(12)8(2)11(13)6-9/h5-7,15H,3-4,14H2,1-2H3. The third-order valence-electron chi connectivity index (χ3n) is 2.46. The molecular weight excluding hydrogens is 295 g/mol. The molecule has 0 heterocycles. The van der Waals surface area contributed by atoms with Crippen LogP contribution in [0.5, 0.6) is 0 Å². The molecule has 1 rings (SSSR count). The quantitative estimate of drug-likeness (QED) is 0.876. The first kappa shape index (κ1) is 15.7. The fraction of sp³-hybridized carbons (Fsp3) is 0.455. The highest BCUT2D eigenvalue weighted by Crippen LogP contribution is 2.27. The summed E-state index contributed by atoms with van der Waals surface area (Å²) in [6.07, 6.45) is 0.562. The minimum absolute atomic E-state index is 0.0575. The van der Waals surface area contributed by atoms with Gasteiger partial charge in [-0.15, -0.1) is 0 Å². The zero-order valence-corrected chi connectivity index (χ0v) is 12.5. The number of sulfonamides is 1. The molecule has 18 heavy (non-hydrogen) atoms. The summed E-state index contributed by atoms with van der Waals surface area (Å²) in [6.45, 7) is 3.82. The van der Waals surface area contributed by atoms with E-state index in [1.54, 1.807) is 6.92 Å². The lowest BCUT2D eigenvalue weighted by atomic mass is 10.2. The fourth-order valence-corrected chi connectivity index (χ4v) is 3.00. The predicted molar refractivity (Wildman–Crippen MR) is 74.7 cm³/mol. The Labute approximate surface area is 118 Å². The molecule has 0 aromatic heterocycles. The SMILES string of the molecule is Cc1c(Cl)cc(S(=O)(=O)NCCC(C)N)cc1Cl. The lowest BCUT2D eigenvalue weighted by Gasteiger charge is -2.10. The number of hydrogen-bond acceptors (Lipinski definition) is 3. The molecule has 0 aliphatic rings. The van der Waals surface area contributed by atoms with E-state index in [1.807, 2.05) is 6.92 Å². The zero-order valence-electron chi connectivity index (χ0n) is 10.2. The van der Waals surface area contributed by atoms with Gasteiger partial charge >= 0.3 is 0 Å². The monoisotopic (exact) mass is 310 g/mol. The number of benzene rings is 1. The molecule has 0 aliphatic carbocycles. The van der Waals surface area contributed by atoms with Gasteiger partial charge in [0.1, 0.15) is 0 Å². The Hall–Kier alpha value is -0.330. The molecule has 1 aromatic carbocycles. The van der Waals surface area contributed by atoms with Gasteiger partial charge in [0.2, 0.25) is 10.0 Å². The van der Waals surface area contributed by atoms with E-state index < -0.39 is 10.0 Å². The Morgan fingerprint density at radius 3 is 2.28 bits per heavy atom. The highest BCUT2D eigenvalue weighted by molar-refractivity contribution is 7.89. The number of halogens is 2. The second kappa shape index (κ2) is 6.21. The van der Waals surface area contributed by atoms with Crippen molar-refractivity contribution in [2.45, 2.75) is 31.2 Å². The fourth-order valence-electron chi connectivity index (χ4n) is 1.28. The highest BCUT2D eigenvalue weighted by atomic mass is 35.5. The van der Waals surface area contributed by atoms with E-state index in [9.17, 15) is 8.42 Å². The third-order valence-corrected chi connectivity index (χ3v) is 4.68. The molecule has 1 aromatic rings. The summed E-state index contributed by atoms with van der Waals surface area (Å²) in [7, 11) is -3.59. The van der Waals surface area contributed by atoms with Crippen molar-refractivity contribution in [1.29, 1.82) is 0 Å². The Kier molecular flexibility index (Phi) is 5.43. The van der Waals surface area contributed by atoms with Crippen LogP contribution in [0.4, 0.5) is 0 Å². The molecule has 0 bridgehead atoms. The maximum Gasteiger partial charge on any atom is 0.240 e. The lowest BCUT2D eigenvalue weighted by molar-refractivity contribution is 0.572. The molecule has 1 atom stereocenters. The van der Waals surface area contributed by atoms with Gasteiger partial charge in [0.05, 0.1) is 4.90 Å². The predicted octanol–water partition coefficient (Wildman–Crippen LogP) is 2.32. The van der Waals surface area contributed by atoms with Crippen LogP contribution < -0.4 is 10.5 Å². The number of hydrogen-bond donors (Lipinski definition) is 2. The van der Waals surface area contributed by atoms with Gasteiger partial charge in [-0.1, -0.05) is 23.2 Å². The van der Waals surface area contributed by atoms with Gasteiger partial charge in [0, 0.05) is 22.6 Å². The largest absolute Gasteiger partial charge is 0.328 e. The highest BCUT2D eigenvalue weighted by Gasteiger charge is 2.16. The molecule has 0 aliphatic heterocycles. The lowest BCUT2D eigenvalue weighted by Crippen LogP contribution is -2.29. The molecule has 1 unspecified atom stereocenters. The van der Waals surface area contributed by atoms with Crippen LogP contribution in [0.2, 0.25) is 10.0 Å². The van der Waals surface area contributed by atoms with Gasteiger partial charge in [-0.25, -0.2) is 13.1 Å². The first-order valence-corrected chi connectivity index (χ1v) is 7.69. The second-order valence-corrected chi connectivity index (χ2v) is 6.76. The van der Waals surface area contributed by atoms with E-state index >= 15 is 0 Å². The van der Waals surface area contributed by atoms with Crippen LogP contribution in [0, 0.1) is 6.92 Å². The zero-order chi connectivity index (χ0) is 13.9. The Balaban J connectivity index is 2.92. The van der Waals surface area contributed by atoms with Crippen molar-refractivity contribution in [3.05, 3.63) is 27.7 Å². The molecule has 0 spiro atoms. The summed E-state index contributed by atoms with van der Waals surface area (Å²) in [5.74, 6) is 0. The first-order valence-electron chi connectivity index (χ1n) is 5.45. The topological polar surface area (TPSA) is 72.2 Å². The van der Waals surface area contributed by atoms with Crippen molar-refractivity contribution in [2.75, 3.05) is 6.54 Å². The molecule has 0 saturated carbocycles. The van der Waals surface area contributed by atoms with E-state index in [0.717, 1.165) is 0 Å². The van der Waals surface area contributed by atoms with Crippen molar-refractivity contribution < 1.29 is 8.42 Å². The molecule has 3 N–H and O–H groups in total. The Morgan fingerprint density at radius 2 is 1.83 bits per heavy atom. The van der Waals surface area contributed by atoms with Crippen molar-refractivity contribution in [2.24, 2.45) is 5.73 Å². The van der Waals surface area contributed by atoms with E-state index in [4.69, 9.17) is 28.9 Å².